The average molecular weight is 457 g/mol. The number of rotatable bonds is 8. The van der Waals surface area contributed by atoms with Gasteiger partial charge in [0.05, 0.1) is 11.9 Å². The van der Waals surface area contributed by atoms with Gasteiger partial charge < -0.3 is 5.32 Å². The Morgan fingerprint density at radius 2 is 1.85 bits per heavy atom. The number of nitrogens with one attached hydrogen (secondary N) is 1. The maximum Gasteiger partial charge on any atom is 0.240 e. The number of anilines is 1. The number of sulfonamides is 1. The van der Waals surface area contributed by atoms with Crippen molar-refractivity contribution in [3.63, 3.8) is 0 Å². The summed E-state index contributed by atoms with van der Waals surface area (Å²) < 4.78 is 39.0. The van der Waals surface area contributed by atoms with Gasteiger partial charge in [-0.2, -0.15) is 0 Å². The molecule has 0 aromatic heterocycles. The fraction of sp³-hybridized carbons (Fsp3) is 0.316. The topological polar surface area (TPSA) is 66.5 Å². The highest BCUT2D eigenvalue weighted by molar-refractivity contribution is 9.10. The van der Waals surface area contributed by atoms with Crippen LogP contribution in [0.25, 0.3) is 0 Å². The Balaban J connectivity index is 1.92. The van der Waals surface area contributed by atoms with Crippen LogP contribution >= 0.6 is 15.9 Å². The molecule has 1 N–H and O–H groups in total. The van der Waals surface area contributed by atoms with Crippen LogP contribution in [-0.4, -0.2) is 33.7 Å². The monoisotopic (exact) mass is 456 g/mol. The van der Waals surface area contributed by atoms with Crippen molar-refractivity contribution in [3.05, 3.63) is 63.9 Å². The SMILES string of the molecule is Cc1cc(N(CC(=O)NCCCc2ccc(F)cc2)S(C)(=O)=O)ccc1Br. The van der Waals surface area contributed by atoms with Crippen molar-refractivity contribution in [1.82, 2.24) is 5.32 Å². The van der Waals surface area contributed by atoms with E-state index in [1.165, 1.54) is 12.1 Å². The number of amides is 1. The van der Waals surface area contributed by atoms with E-state index in [2.05, 4.69) is 21.2 Å². The molecule has 0 radical (unpaired) electrons. The summed E-state index contributed by atoms with van der Waals surface area (Å²) in [6, 6.07) is 11.3. The van der Waals surface area contributed by atoms with Gasteiger partial charge in [-0.25, -0.2) is 12.8 Å². The molecule has 0 saturated carbocycles. The van der Waals surface area contributed by atoms with Gasteiger partial charge in [0.1, 0.15) is 12.4 Å². The third-order valence-electron chi connectivity index (χ3n) is 3.99. The van der Waals surface area contributed by atoms with E-state index in [1.54, 1.807) is 30.3 Å². The first-order valence-corrected chi connectivity index (χ1v) is 11.1. The molecule has 2 aromatic carbocycles. The van der Waals surface area contributed by atoms with Crippen molar-refractivity contribution in [3.8, 4) is 0 Å². The van der Waals surface area contributed by atoms with Gasteiger partial charge in [0.2, 0.25) is 15.9 Å². The van der Waals surface area contributed by atoms with Crippen LogP contribution in [0.4, 0.5) is 10.1 Å². The van der Waals surface area contributed by atoms with Gasteiger partial charge >= 0.3 is 0 Å². The molecule has 0 aliphatic carbocycles. The number of hydrogen-bond donors (Lipinski definition) is 1. The molecule has 146 valence electrons. The number of aryl methyl sites for hydroxylation is 2. The molecular formula is C19H22BrFN2O3S. The van der Waals surface area contributed by atoms with Crippen LogP contribution in [0.2, 0.25) is 0 Å². The van der Waals surface area contributed by atoms with E-state index in [0.717, 1.165) is 26.2 Å². The second-order valence-electron chi connectivity index (χ2n) is 6.28. The molecule has 0 heterocycles. The Bertz CT molecular complexity index is 902. The highest BCUT2D eigenvalue weighted by Gasteiger charge is 2.21. The van der Waals surface area contributed by atoms with Crippen molar-refractivity contribution in [1.29, 1.82) is 0 Å². The molecule has 0 aliphatic rings. The minimum atomic E-state index is -3.60. The van der Waals surface area contributed by atoms with Crippen molar-refractivity contribution in [2.75, 3.05) is 23.7 Å². The standard InChI is InChI=1S/C19H22BrFN2O3S/c1-14-12-17(9-10-18(14)20)23(27(2,25)26)13-19(24)22-11-3-4-15-5-7-16(21)8-6-15/h5-10,12H,3-4,11,13H2,1-2H3,(H,22,24). The third-order valence-corrected chi connectivity index (χ3v) is 6.03. The zero-order valence-electron chi connectivity index (χ0n) is 15.2. The first-order chi connectivity index (χ1) is 12.7. The largest absolute Gasteiger partial charge is 0.355 e. The average Bonchev–Trinajstić information content (AvgIpc) is 2.60. The molecule has 1 amide bonds. The zero-order chi connectivity index (χ0) is 20.0. The number of carbonyl (C=O) groups is 1. The second-order valence-corrected chi connectivity index (χ2v) is 9.04. The van der Waals surface area contributed by atoms with Gasteiger partial charge in [0.25, 0.3) is 0 Å². The van der Waals surface area contributed by atoms with Crippen LogP contribution in [0.5, 0.6) is 0 Å². The summed E-state index contributed by atoms with van der Waals surface area (Å²) >= 11 is 3.38. The van der Waals surface area contributed by atoms with Crippen LogP contribution in [0, 0.1) is 12.7 Å². The highest BCUT2D eigenvalue weighted by Crippen LogP contribution is 2.24. The highest BCUT2D eigenvalue weighted by atomic mass is 79.9. The van der Waals surface area contributed by atoms with Crippen LogP contribution < -0.4 is 9.62 Å². The van der Waals surface area contributed by atoms with Crippen LogP contribution in [-0.2, 0) is 21.2 Å². The minimum absolute atomic E-state index is 0.281. The summed E-state index contributed by atoms with van der Waals surface area (Å²) in [5.41, 5.74) is 2.30. The number of halogens is 2. The van der Waals surface area contributed by atoms with E-state index in [0.29, 0.717) is 25.1 Å². The quantitative estimate of drug-likeness (QED) is 0.618. The summed E-state index contributed by atoms with van der Waals surface area (Å²) in [5.74, 6) is -0.656. The van der Waals surface area contributed by atoms with Crippen LogP contribution in [0.1, 0.15) is 17.5 Å². The maximum absolute atomic E-state index is 12.9. The number of carbonyl (C=O) groups excluding carboxylic acids is 1. The van der Waals surface area contributed by atoms with Gasteiger partial charge in [-0.1, -0.05) is 28.1 Å². The van der Waals surface area contributed by atoms with Crippen molar-refractivity contribution in [2.45, 2.75) is 19.8 Å². The Hall–Kier alpha value is -1.93. The molecule has 27 heavy (non-hydrogen) atoms. The van der Waals surface area contributed by atoms with E-state index in [9.17, 15) is 17.6 Å². The van der Waals surface area contributed by atoms with E-state index in [1.807, 2.05) is 6.92 Å². The Morgan fingerprint density at radius 1 is 1.19 bits per heavy atom. The molecule has 8 heteroatoms. The normalized spacial score (nSPS) is 11.3. The molecule has 0 saturated heterocycles. The summed E-state index contributed by atoms with van der Waals surface area (Å²) in [6.07, 6.45) is 2.45. The predicted molar refractivity (Wildman–Crippen MR) is 109 cm³/mol. The first-order valence-electron chi connectivity index (χ1n) is 8.42. The smallest absolute Gasteiger partial charge is 0.240 e. The lowest BCUT2D eigenvalue weighted by Crippen LogP contribution is -2.40. The minimum Gasteiger partial charge on any atom is -0.355 e. The molecule has 2 aromatic rings. The fourth-order valence-corrected chi connectivity index (χ4v) is 3.64. The Morgan fingerprint density at radius 3 is 2.44 bits per heavy atom. The summed E-state index contributed by atoms with van der Waals surface area (Å²) in [6.45, 7) is 1.98. The van der Waals surface area contributed by atoms with Gasteiger partial charge in [-0.3, -0.25) is 9.10 Å². The summed E-state index contributed by atoms with van der Waals surface area (Å²) in [5, 5.41) is 2.73. The van der Waals surface area contributed by atoms with E-state index in [4.69, 9.17) is 0 Å². The molecule has 0 bridgehead atoms. The number of hydrogen-bond acceptors (Lipinski definition) is 3. The molecule has 0 fully saturated rings. The van der Waals surface area contributed by atoms with E-state index < -0.39 is 10.0 Å². The van der Waals surface area contributed by atoms with Crippen molar-refractivity contribution < 1.29 is 17.6 Å². The van der Waals surface area contributed by atoms with Gasteiger partial charge in [0.15, 0.2) is 0 Å². The summed E-state index contributed by atoms with van der Waals surface area (Å²) in [7, 11) is -3.60. The Kier molecular flexibility index (Phi) is 7.38. The summed E-state index contributed by atoms with van der Waals surface area (Å²) in [4.78, 5) is 12.2. The van der Waals surface area contributed by atoms with Gasteiger partial charge in [-0.05, 0) is 61.2 Å². The van der Waals surface area contributed by atoms with Gasteiger partial charge in [-0.15, -0.1) is 0 Å². The molecule has 2 rings (SSSR count). The maximum atomic E-state index is 12.9. The molecule has 0 unspecified atom stereocenters. The molecule has 0 aliphatic heterocycles. The molecule has 5 nitrogen and oxygen atoms in total. The number of benzene rings is 2. The van der Waals surface area contributed by atoms with Crippen molar-refractivity contribution >= 4 is 37.5 Å². The first kappa shape index (κ1) is 21.4. The third kappa shape index (κ3) is 6.62. The van der Waals surface area contributed by atoms with Gasteiger partial charge in [0, 0.05) is 11.0 Å². The lowest BCUT2D eigenvalue weighted by Gasteiger charge is -2.22. The zero-order valence-corrected chi connectivity index (χ0v) is 17.6. The molecule has 0 atom stereocenters. The van der Waals surface area contributed by atoms with Crippen molar-refractivity contribution in [2.24, 2.45) is 0 Å². The second kappa shape index (κ2) is 9.32. The fourth-order valence-electron chi connectivity index (χ4n) is 2.54. The van der Waals surface area contributed by atoms with Crippen LogP contribution in [0.3, 0.4) is 0 Å². The molecule has 0 spiro atoms. The van der Waals surface area contributed by atoms with E-state index >= 15 is 0 Å². The number of nitrogens with zero attached hydrogens (tertiary/aromatic N) is 1. The lowest BCUT2D eigenvalue weighted by molar-refractivity contribution is -0.119. The lowest BCUT2D eigenvalue weighted by atomic mass is 10.1. The van der Waals surface area contributed by atoms with E-state index in [-0.39, 0.29) is 18.3 Å². The van der Waals surface area contributed by atoms with Crippen LogP contribution in [0.15, 0.2) is 46.9 Å². The molecular weight excluding hydrogens is 435 g/mol. The predicted octanol–water partition coefficient (Wildman–Crippen LogP) is 3.41. The Labute approximate surface area is 167 Å².